The average Bonchev–Trinajstić information content (AvgIpc) is 3.19. The maximum Gasteiger partial charge on any atom is 0.417 e. The summed E-state index contributed by atoms with van der Waals surface area (Å²) in [5, 5.41) is 2.04. The van der Waals surface area contributed by atoms with Gasteiger partial charge in [0.1, 0.15) is 5.82 Å². The Morgan fingerprint density at radius 1 is 1.03 bits per heavy atom. The number of amides is 1. The summed E-state index contributed by atoms with van der Waals surface area (Å²) in [6, 6.07) is 14.2. The molecule has 3 aromatic rings. The van der Waals surface area contributed by atoms with E-state index in [2.05, 4.69) is 11.1 Å². The van der Waals surface area contributed by atoms with E-state index in [0.29, 0.717) is 37.6 Å². The summed E-state index contributed by atoms with van der Waals surface area (Å²) in [5.74, 6) is 1.30. The summed E-state index contributed by atoms with van der Waals surface area (Å²) in [4.78, 5) is 23.3. The first kappa shape index (κ1) is 22.7. The number of pyridine rings is 1. The molecular formula is C23H22F3N3OS2. The number of nitrogens with zero attached hydrogens (tertiary/aromatic N) is 3. The topological polar surface area (TPSA) is 36.4 Å². The van der Waals surface area contributed by atoms with E-state index in [9.17, 15) is 18.0 Å². The highest BCUT2D eigenvalue weighted by atomic mass is 32.2. The molecule has 0 unspecified atom stereocenters. The van der Waals surface area contributed by atoms with Crippen LogP contribution in [0, 0.1) is 0 Å². The minimum absolute atomic E-state index is 0.0125. The molecular weight excluding hydrogens is 455 g/mol. The maximum absolute atomic E-state index is 13.3. The van der Waals surface area contributed by atoms with E-state index in [-0.39, 0.29) is 5.91 Å². The predicted molar refractivity (Wildman–Crippen MR) is 122 cm³/mol. The fourth-order valence-electron chi connectivity index (χ4n) is 3.57. The second-order valence-electron chi connectivity index (χ2n) is 7.40. The van der Waals surface area contributed by atoms with Crippen molar-refractivity contribution in [1.29, 1.82) is 0 Å². The highest BCUT2D eigenvalue weighted by Crippen LogP contribution is 2.30. The Labute approximate surface area is 193 Å². The van der Waals surface area contributed by atoms with Crippen molar-refractivity contribution in [2.24, 2.45) is 0 Å². The van der Waals surface area contributed by atoms with Crippen LogP contribution in [0.25, 0.3) is 0 Å². The molecule has 0 N–H and O–H groups in total. The van der Waals surface area contributed by atoms with Gasteiger partial charge < -0.3 is 9.80 Å². The Hall–Kier alpha value is -2.52. The molecule has 1 fully saturated rings. The lowest BCUT2D eigenvalue weighted by Crippen LogP contribution is -2.35. The molecule has 168 valence electrons. The molecule has 0 spiro atoms. The highest BCUT2D eigenvalue weighted by molar-refractivity contribution is 7.98. The molecule has 0 radical (unpaired) electrons. The zero-order valence-electron chi connectivity index (χ0n) is 17.2. The third kappa shape index (κ3) is 5.45. The summed E-state index contributed by atoms with van der Waals surface area (Å²) in [6.45, 7) is 2.25. The summed E-state index contributed by atoms with van der Waals surface area (Å²) in [7, 11) is 0. The number of alkyl halides is 3. The Morgan fingerprint density at radius 2 is 1.88 bits per heavy atom. The first-order chi connectivity index (χ1) is 15.4. The van der Waals surface area contributed by atoms with Crippen LogP contribution in [0.2, 0.25) is 0 Å². The number of carbonyl (C=O) groups is 1. The van der Waals surface area contributed by atoms with Crippen molar-refractivity contribution >= 4 is 34.8 Å². The third-order valence-corrected chi connectivity index (χ3v) is 7.43. The fraction of sp³-hybridized carbons (Fsp3) is 0.304. The van der Waals surface area contributed by atoms with Crippen LogP contribution in [0.5, 0.6) is 0 Å². The second-order valence-corrected chi connectivity index (χ2v) is 9.45. The van der Waals surface area contributed by atoms with Gasteiger partial charge in [0.25, 0.3) is 5.91 Å². The Kier molecular flexibility index (Phi) is 7.05. The molecule has 2 aromatic heterocycles. The lowest BCUT2D eigenvalue weighted by atomic mass is 10.2. The number of benzene rings is 1. The SMILES string of the molecule is O=C(c1ccccc1SCc1cccs1)N1CCCN(c2ccc(C(F)(F)F)cn2)CC1. The molecule has 4 nitrogen and oxygen atoms in total. The van der Waals surface area contributed by atoms with Crippen molar-refractivity contribution in [2.45, 2.75) is 23.2 Å². The van der Waals surface area contributed by atoms with Crippen LogP contribution in [0.1, 0.15) is 27.2 Å². The highest BCUT2D eigenvalue weighted by Gasteiger charge is 2.31. The van der Waals surface area contributed by atoms with Crippen LogP contribution in [-0.2, 0) is 11.9 Å². The zero-order chi connectivity index (χ0) is 22.6. The number of thiophene rings is 1. The number of aromatic nitrogens is 1. The van der Waals surface area contributed by atoms with Crippen LogP contribution in [0.3, 0.4) is 0 Å². The smallest absolute Gasteiger partial charge is 0.355 e. The van der Waals surface area contributed by atoms with Crippen LogP contribution >= 0.6 is 23.1 Å². The van der Waals surface area contributed by atoms with E-state index in [1.165, 1.54) is 10.9 Å². The molecule has 4 rings (SSSR count). The van der Waals surface area contributed by atoms with Crippen LogP contribution in [-0.4, -0.2) is 42.0 Å². The molecule has 1 aliphatic heterocycles. The van der Waals surface area contributed by atoms with Crippen molar-refractivity contribution in [1.82, 2.24) is 9.88 Å². The van der Waals surface area contributed by atoms with Crippen molar-refractivity contribution in [2.75, 3.05) is 31.1 Å². The lowest BCUT2D eigenvalue weighted by molar-refractivity contribution is -0.137. The molecule has 0 saturated carbocycles. The number of hydrogen-bond acceptors (Lipinski definition) is 5. The number of hydrogen-bond donors (Lipinski definition) is 0. The number of rotatable bonds is 5. The first-order valence-corrected chi connectivity index (χ1v) is 12.1. The van der Waals surface area contributed by atoms with Crippen LogP contribution < -0.4 is 4.90 Å². The van der Waals surface area contributed by atoms with Crippen molar-refractivity contribution in [3.63, 3.8) is 0 Å². The van der Waals surface area contributed by atoms with E-state index in [1.54, 1.807) is 23.1 Å². The summed E-state index contributed by atoms with van der Waals surface area (Å²) in [5.41, 5.74) is -0.0697. The molecule has 32 heavy (non-hydrogen) atoms. The molecule has 1 aliphatic rings. The quantitative estimate of drug-likeness (QED) is 0.435. The van der Waals surface area contributed by atoms with Gasteiger partial charge in [0.05, 0.1) is 11.1 Å². The Bertz CT molecular complexity index is 1040. The van der Waals surface area contributed by atoms with E-state index in [4.69, 9.17) is 0 Å². The van der Waals surface area contributed by atoms with Gasteiger partial charge in [0.2, 0.25) is 0 Å². The first-order valence-electron chi connectivity index (χ1n) is 10.2. The van der Waals surface area contributed by atoms with Gasteiger partial charge in [-0.15, -0.1) is 23.1 Å². The standard InChI is InChI=1S/C23H22F3N3OS2/c24-23(25,26)17-8-9-21(27-15-17)28-10-4-11-29(13-12-28)22(30)19-6-1-2-7-20(19)32-16-18-5-3-14-31-18/h1-3,5-9,14-15H,4,10-13,16H2. The molecule has 0 atom stereocenters. The average molecular weight is 478 g/mol. The zero-order valence-corrected chi connectivity index (χ0v) is 18.8. The number of carbonyl (C=O) groups excluding carboxylic acids is 1. The van der Waals surface area contributed by atoms with Gasteiger partial charge in [-0.05, 0) is 42.1 Å². The molecule has 1 aromatic carbocycles. The minimum Gasteiger partial charge on any atom is -0.355 e. The van der Waals surface area contributed by atoms with Gasteiger partial charge in [-0.3, -0.25) is 4.79 Å². The Morgan fingerprint density at radius 3 is 2.59 bits per heavy atom. The van der Waals surface area contributed by atoms with Gasteiger partial charge in [-0.25, -0.2) is 4.98 Å². The molecule has 1 amide bonds. The van der Waals surface area contributed by atoms with E-state index < -0.39 is 11.7 Å². The van der Waals surface area contributed by atoms with Gasteiger partial charge in [-0.2, -0.15) is 13.2 Å². The van der Waals surface area contributed by atoms with E-state index >= 15 is 0 Å². The van der Waals surface area contributed by atoms with Crippen LogP contribution in [0.4, 0.5) is 19.0 Å². The Balaban J connectivity index is 1.42. The van der Waals surface area contributed by atoms with E-state index in [1.807, 2.05) is 45.5 Å². The fourth-order valence-corrected chi connectivity index (χ4v) is 5.39. The lowest BCUT2D eigenvalue weighted by Gasteiger charge is -2.23. The van der Waals surface area contributed by atoms with Crippen molar-refractivity contribution in [3.8, 4) is 0 Å². The number of halogens is 3. The third-order valence-electron chi connectivity index (χ3n) is 5.25. The summed E-state index contributed by atoms with van der Waals surface area (Å²) < 4.78 is 38.4. The van der Waals surface area contributed by atoms with Gasteiger partial charge in [0.15, 0.2) is 0 Å². The van der Waals surface area contributed by atoms with E-state index in [0.717, 1.165) is 29.3 Å². The predicted octanol–water partition coefficient (Wildman–Crippen LogP) is 5.81. The second kappa shape index (κ2) is 9.95. The largest absolute Gasteiger partial charge is 0.417 e. The monoisotopic (exact) mass is 477 g/mol. The molecule has 0 aliphatic carbocycles. The van der Waals surface area contributed by atoms with Crippen molar-refractivity contribution in [3.05, 3.63) is 76.1 Å². The number of anilines is 1. The number of thioether (sulfide) groups is 1. The van der Waals surface area contributed by atoms with Gasteiger partial charge >= 0.3 is 6.18 Å². The van der Waals surface area contributed by atoms with Crippen LogP contribution in [0.15, 0.2) is 65.0 Å². The normalized spacial score (nSPS) is 15.0. The molecule has 0 bridgehead atoms. The van der Waals surface area contributed by atoms with Gasteiger partial charge in [-0.1, -0.05) is 18.2 Å². The summed E-state index contributed by atoms with van der Waals surface area (Å²) >= 11 is 3.35. The van der Waals surface area contributed by atoms with Gasteiger partial charge in [0, 0.05) is 47.9 Å². The minimum atomic E-state index is -4.40. The molecule has 1 saturated heterocycles. The molecule has 3 heterocycles. The molecule has 9 heteroatoms. The van der Waals surface area contributed by atoms with Crippen molar-refractivity contribution < 1.29 is 18.0 Å². The maximum atomic E-state index is 13.3. The summed E-state index contributed by atoms with van der Waals surface area (Å²) in [6.07, 6.45) is -2.81.